The Morgan fingerprint density at radius 3 is 2.87 bits per heavy atom. The molecular formula is C11H24N2O2. The molecule has 0 aromatic heterocycles. The third-order valence-electron chi connectivity index (χ3n) is 3.07. The lowest BCUT2D eigenvalue weighted by Crippen LogP contribution is -2.53. The van der Waals surface area contributed by atoms with Crippen molar-refractivity contribution in [3.8, 4) is 0 Å². The molecular weight excluding hydrogens is 192 g/mol. The van der Waals surface area contributed by atoms with Crippen LogP contribution in [-0.4, -0.2) is 64.1 Å². The molecule has 0 spiro atoms. The van der Waals surface area contributed by atoms with Crippen LogP contribution >= 0.6 is 0 Å². The summed E-state index contributed by atoms with van der Waals surface area (Å²) in [7, 11) is 3.48. The van der Waals surface area contributed by atoms with E-state index in [1.165, 1.54) is 6.42 Å². The maximum Gasteiger partial charge on any atom is 0.0931 e. The fraction of sp³-hybridized carbons (Fsp3) is 1.00. The molecule has 1 heterocycles. The lowest BCUT2D eigenvalue weighted by molar-refractivity contribution is -0.00672. The quantitative estimate of drug-likeness (QED) is 0.694. The van der Waals surface area contributed by atoms with Crippen molar-refractivity contribution in [2.24, 2.45) is 0 Å². The second-order valence-electron chi connectivity index (χ2n) is 4.07. The second-order valence-corrected chi connectivity index (χ2v) is 4.07. The van der Waals surface area contributed by atoms with Crippen LogP contribution in [0, 0.1) is 0 Å². The minimum atomic E-state index is 0.196. The molecule has 0 aliphatic carbocycles. The Bertz CT molecular complexity index is 167. The fourth-order valence-corrected chi connectivity index (χ4v) is 2.09. The van der Waals surface area contributed by atoms with Crippen molar-refractivity contribution in [3.05, 3.63) is 0 Å². The van der Waals surface area contributed by atoms with Gasteiger partial charge in [-0.2, -0.15) is 0 Å². The lowest BCUT2D eigenvalue weighted by Gasteiger charge is -2.37. The normalized spacial score (nSPS) is 25.4. The van der Waals surface area contributed by atoms with Crippen LogP contribution < -0.4 is 5.32 Å². The molecule has 15 heavy (non-hydrogen) atoms. The molecule has 4 nitrogen and oxygen atoms in total. The average molecular weight is 216 g/mol. The molecule has 0 aromatic rings. The van der Waals surface area contributed by atoms with E-state index in [-0.39, 0.29) is 6.10 Å². The Morgan fingerprint density at radius 1 is 1.47 bits per heavy atom. The molecule has 0 amide bonds. The van der Waals surface area contributed by atoms with Gasteiger partial charge in [-0.05, 0) is 6.42 Å². The molecule has 1 fully saturated rings. The zero-order valence-corrected chi connectivity index (χ0v) is 10.2. The van der Waals surface area contributed by atoms with Crippen LogP contribution in [0.2, 0.25) is 0 Å². The largest absolute Gasteiger partial charge is 0.382 e. The molecule has 4 heteroatoms. The number of methoxy groups -OCH3 is 2. The zero-order chi connectivity index (χ0) is 11.1. The van der Waals surface area contributed by atoms with Crippen molar-refractivity contribution in [1.29, 1.82) is 0 Å². The van der Waals surface area contributed by atoms with E-state index in [0.717, 1.165) is 26.2 Å². The maximum absolute atomic E-state index is 5.40. The van der Waals surface area contributed by atoms with Crippen molar-refractivity contribution < 1.29 is 9.47 Å². The summed E-state index contributed by atoms with van der Waals surface area (Å²) < 4.78 is 10.5. The number of hydrogen-bond donors (Lipinski definition) is 1. The van der Waals surface area contributed by atoms with Gasteiger partial charge in [0.2, 0.25) is 0 Å². The second kappa shape index (κ2) is 7.17. The Morgan fingerprint density at radius 2 is 2.27 bits per heavy atom. The summed E-state index contributed by atoms with van der Waals surface area (Å²) in [6, 6.07) is 0.647. The lowest BCUT2D eigenvalue weighted by atomic mass is 10.1. The molecule has 0 radical (unpaired) electrons. The number of nitrogens with one attached hydrogen (secondary N) is 1. The summed E-state index contributed by atoms with van der Waals surface area (Å²) in [6.45, 7) is 7.19. The van der Waals surface area contributed by atoms with Gasteiger partial charge in [0.1, 0.15) is 0 Å². The molecule has 90 valence electrons. The van der Waals surface area contributed by atoms with Crippen molar-refractivity contribution in [2.75, 3.05) is 47.0 Å². The minimum Gasteiger partial charge on any atom is -0.382 e. The van der Waals surface area contributed by atoms with E-state index in [0.29, 0.717) is 12.6 Å². The maximum atomic E-state index is 5.40. The van der Waals surface area contributed by atoms with E-state index in [9.17, 15) is 0 Å². The van der Waals surface area contributed by atoms with Crippen molar-refractivity contribution in [1.82, 2.24) is 10.2 Å². The Balaban J connectivity index is 2.38. The first-order valence-corrected chi connectivity index (χ1v) is 5.78. The molecule has 1 aliphatic heterocycles. The first-order valence-electron chi connectivity index (χ1n) is 5.78. The molecule has 1 rings (SSSR count). The van der Waals surface area contributed by atoms with Crippen LogP contribution in [0.4, 0.5) is 0 Å². The van der Waals surface area contributed by atoms with Crippen LogP contribution in [0.25, 0.3) is 0 Å². The van der Waals surface area contributed by atoms with Crippen LogP contribution in [0.1, 0.15) is 13.3 Å². The van der Waals surface area contributed by atoms with Gasteiger partial charge >= 0.3 is 0 Å². The zero-order valence-electron chi connectivity index (χ0n) is 10.2. The van der Waals surface area contributed by atoms with Crippen LogP contribution in [0.15, 0.2) is 0 Å². The van der Waals surface area contributed by atoms with Gasteiger partial charge in [-0.15, -0.1) is 0 Å². The summed E-state index contributed by atoms with van der Waals surface area (Å²) in [5.74, 6) is 0. The van der Waals surface area contributed by atoms with E-state index in [1.807, 2.05) is 0 Å². The van der Waals surface area contributed by atoms with E-state index in [1.54, 1.807) is 14.2 Å². The standard InChI is InChI=1S/C11H24N2O2/c1-4-10-7-12-5-6-13(10)8-11(15-3)9-14-2/h10-12H,4-9H2,1-3H3. The van der Waals surface area contributed by atoms with Crippen LogP contribution in [0.3, 0.4) is 0 Å². The highest BCUT2D eigenvalue weighted by Gasteiger charge is 2.23. The van der Waals surface area contributed by atoms with E-state index < -0.39 is 0 Å². The van der Waals surface area contributed by atoms with Gasteiger partial charge in [0.05, 0.1) is 12.7 Å². The first kappa shape index (κ1) is 12.9. The van der Waals surface area contributed by atoms with Gasteiger partial charge in [0.25, 0.3) is 0 Å². The van der Waals surface area contributed by atoms with E-state index >= 15 is 0 Å². The van der Waals surface area contributed by atoms with Crippen LogP contribution in [-0.2, 0) is 9.47 Å². The number of piperazine rings is 1. The monoisotopic (exact) mass is 216 g/mol. The van der Waals surface area contributed by atoms with Gasteiger partial charge < -0.3 is 14.8 Å². The van der Waals surface area contributed by atoms with Gasteiger partial charge in [0.15, 0.2) is 0 Å². The van der Waals surface area contributed by atoms with E-state index in [2.05, 4.69) is 17.1 Å². The number of rotatable bonds is 6. The average Bonchev–Trinajstić information content (AvgIpc) is 2.29. The van der Waals surface area contributed by atoms with E-state index in [4.69, 9.17) is 9.47 Å². The Labute approximate surface area is 92.9 Å². The first-order chi connectivity index (χ1) is 7.31. The molecule has 0 bridgehead atoms. The summed E-state index contributed by atoms with van der Waals surface area (Å²) in [6.07, 6.45) is 1.39. The molecule has 1 aliphatic rings. The summed E-state index contributed by atoms with van der Waals surface area (Å²) in [5, 5.41) is 3.43. The predicted molar refractivity (Wildman–Crippen MR) is 61.2 cm³/mol. The highest BCUT2D eigenvalue weighted by atomic mass is 16.5. The molecule has 0 aromatic carbocycles. The third kappa shape index (κ3) is 4.07. The Hall–Kier alpha value is -0.160. The summed E-state index contributed by atoms with van der Waals surface area (Å²) >= 11 is 0. The predicted octanol–water partition coefficient (Wildman–Crippen LogP) is 0.332. The molecule has 0 saturated carbocycles. The van der Waals surface area contributed by atoms with Gasteiger partial charge in [-0.1, -0.05) is 6.92 Å². The molecule has 1 saturated heterocycles. The summed E-state index contributed by atoms with van der Waals surface area (Å²) in [4.78, 5) is 2.50. The van der Waals surface area contributed by atoms with Gasteiger partial charge in [0, 0.05) is 46.4 Å². The topological polar surface area (TPSA) is 33.7 Å². The Kier molecular flexibility index (Phi) is 6.17. The SMILES string of the molecule is CCC1CNCCN1CC(COC)OC. The van der Waals surface area contributed by atoms with Crippen molar-refractivity contribution in [3.63, 3.8) is 0 Å². The summed E-state index contributed by atoms with van der Waals surface area (Å²) in [5.41, 5.74) is 0. The smallest absolute Gasteiger partial charge is 0.0931 e. The van der Waals surface area contributed by atoms with Gasteiger partial charge in [-0.3, -0.25) is 4.90 Å². The molecule has 2 atom stereocenters. The number of hydrogen-bond acceptors (Lipinski definition) is 4. The van der Waals surface area contributed by atoms with Crippen molar-refractivity contribution in [2.45, 2.75) is 25.5 Å². The number of ether oxygens (including phenoxy) is 2. The van der Waals surface area contributed by atoms with Gasteiger partial charge in [-0.25, -0.2) is 0 Å². The highest BCUT2D eigenvalue weighted by Crippen LogP contribution is 2.08. The highest BCUT2D eigenvalue weighted by molar-refractivity contribution is 4.80. The fourth-order valence-electron chi connectivity index (χ4n) is 2.09. The van der Waals surface area contributed by atoms with Crippen LogP contribution in [0.5, 0.6) is 0 Å². The third-order valence-corrected chi connectivity index (χ3v) is 3.07. The molecule has 1 N–H and O–H groups in total. The molecule has 2 unspecified atom stereocenters. The van der Waals surface area contributed by atoms with Crippen molar-refractivity contribution >= 4 is 0 Å². The number of nitrogens with zero attached hydrogens (tertiary/aromatic N) is 1. The minimum absolute atomic E-state index is 0.196.